The van der Waals surface area contributed by atoms with Crippen LogP contribution in [-0.2, 0) is 34.0 Å². The van der Waals surface area contributed by atoms with Gasteiger partial charge in [0.2, 0.25) is 0 Å². The summed E-state index contributed by atoms with van der Waals surface area (Å²) < 4.78 is 15.2. The van der Waals surface area contributed by atoms with Crippen LogP contribution in [0, 0.1) is 0 Å². The fraction of sp³-hybridized carbons (Fsp3) is 0.727. The monoisotopic (exact) mass is 260 g/mol. The maximum absolute atomic E-state index is 5.14. The molecule has 1 heterocycles. The molecule has 1 aromatic heterocycles. The van der Waals surface area contributed by atoms with Crippen LogP contribution in [0.15, 0.2) is 0 Å². The number of methoxy groups -OCH3 is 3. The van der Waals surface area contributed by atoms with Crippen LogP contribution in [0.1, 0.15) is 15.6 Å². The Hall–Kier alpha value is -0.530. The lowest BCUT2D eigenvalue weighted by Gasteiger charge is -2.03. The summed E-state index contributed by atoms with van der Waals surface area (Å²) in [7, 11) is 5.05. The smallest absolute Gasteiger partial charge is 0.119 e. The molecular weight excluding hydrogens is 240 g/mol. The molecule has 0 aliphatic carbocycles. The summed E-state index contributed by atoms with van der Waals surface area (Å²) in [6.45, 7) is 3.44. The summed E-state index contributed by atoms with van der Waals surface area (Å²) in [4.78, 5) is 5.69. The standard InChI is InChI=1S/C11H20N2O3S/c1-14-5-4-12-6-10-9(7-15-2)13-11(17-10)8-16-3/h12H,4-8H2,1-3H3. The maximum atomic E-state index is 5.14. The van der Waals surface area contributed by atoms with Gasteiger partial charge in [-0.05, 0) is 0 Å². The molecule has 0 bridgehead atoms. The maximum Gasteiger partial charge on any atom is 0.119 e. The number of ether oxygens (including phenoxy) is 3. The molecule has 0 saturated carbocycles. The molecule has 17 heavy (non-hydrogen) atoms. The molecule has 0 spiro atoms. The van der Waals surface area contributed by atoms with Crippen molar-refractivity contribution >= 4 is 11.3 Å². The average molecular weight is 260 g/mol. The van der Waals surface area contributed by atoms with Crippen LogP contribution in [-0.4, -0.2) is 39.5 Å². The van der Waals surface area contributed by atoms with Gasteiger partial charge in [-0.2, -0.15) is 0 Å². The van der Waals surface area contributed by atoms with Crippen LogP contribution in [0.2, 0.25) is 0 Å². The third-order valence-electron chi connectivity index (χ3n) is 2.14. The lowest BCUT2D eigenvalue weighted by Crippen LogP contribution is -2.18. The number of nitrogens with one attached hydrogen (secondary N) is 1. The molecule has 6 heteroatoms. The fourth-order valence-electron chi connectivity index (χ4n) is 1.39. The van der Waals surface area contributed by atoms with Crippen molar-refractivity contribution < 1.29 is 14.2 Å². The Morgan fingerprint density at radius 3 is 2.53 bits per heavy atom. The molecule has 0 aliphatic rings. The van der Waals surface area contributed by atoms with E-state index in [2.05, 4.69) is 10.3 Å². The summed E-state index contributed by atoms with van der Waals surface area (Å²) in [5.74, 6) is 0. The molecule has 0 saturated heterocycles. The van der Waals surface area contributed by atoms with E-state index < -0.39 is 0 Å². The first kappa shape index (κ1) is 14.5. The van der Waals surface area contributed by atoms with E-state index in [1.54, 1.807) is 32.7 Å². The zero-order valence-electron chi connectivity index (χ0n) is 10.6. The second kappa shape index (κ2) is 8.54. The molecule has 0 aliphatic heterocycles. The third kappa shape index (κ3) is 5.10. The Labute approximate surface area is 106 Å². The third-order valence-corrected chi connectivity index (χ3v) is 3.21. The zero-order valence-corrected chi connectivity index (χ0v) is 11.4. The number of hydrogen-bond donors (Lipinski definition) is 1. The van der Waals surface area contributed by atoms with Crippen molar-refractivity contribution in [2.45, 2.75) is 19.8 Å². The molecule has 5 nitrogen and oxygen atoms in total. The minimum atomic E-state index is 0.543. The quantitative estimate of drug-likeness (QED) is 0.676. The van der Waals surface area contributed by atoms with E-state index >= 15 is 0 Å². The normalized spacial score (nSPS) is 11.0. The number of nitrogens with zero attached hydrogens (tertiary/aromatic N) is 1. The predicted octanol–water partition coefficient (Wildman–Crippen LogP) is 1.17. The molecule has 0 aromatic carbocycles. The highest BCUT2D eigenvalue weighted by molar-refractivity contribution is 7.11. The topological polar surface area (TPSA) is 52.6 Å². The van der Waals surface area contributed by atoms with Crippen LogP contribution < -0.4 is 5.32 Å². The Balaban J connectivity index is 2.54. The molecule has 0 radical (unpaired) electrons. The minimum Gasteiger partial charge on any atom is -0.383 e. The van der Waals surface area contributed by atoms with Crippen molar-refractivity contribution in [1.29, 1.82) is 0 Å². The van der Waals surface area contributed by atoms with E-state index in [1.165, 1.54) is 4.88 Å². The molecule has 0 unspecified atom stereocenters. The second-order valence-corrected chi connectivity index (χ2v) is 4.68. The van der Waals surface area contributed by atoms with Gasteiger partial charge in [-0.3, -0.25) is 0 Å². The average Bonchev–Trinajstić information content (AvgIpc) is 2.68. The number of hydrogen-bond acceptors (Lipinski definition) is 6. The first-order valence-corrected chi connectivity index (χ1v) is 6.28. The Morgan fingerprint density at radius 2 is 1.88 bits per heavy atom. The Morgan fingerprint density at radius 1 is 1.12 bits per heavy atom. The van der Waals surface area contributed by atoms with E-state index in [0.717, 1.165) is 23.8 Å². The van der Waals surface area contributed by atoms with Gasteiger partial charge in [-0.25, -0.2) is 4.98 Å². The molecule has 1 aromatic rings. The van der Waals surface area contributed by atoms with Crippen molar-refractivity contribution in [1.82, 2.24) is 10.3 Å². The first-order valence-electron chi connectivity index (χ1n) is 5.46. The number of aromatic nitrogens is 1. The van der Waals surface area contributed by atoms with Crippen molar-refractivity contribution in [3.8, 4) is 0 Å². The van der Waals surface area contributed by atoms with E-state index in [-0.39, 0.29) is 0 Å². The second-order valence-electron chi connectivity index (χ2n) is 3.51. The van der Waals surface area contributed by atoms with Gasteiger partial charge in [0, 0.05) is 39.3 Å². The van der Waals surface area contributed by atoms with Crippen molar-refractivity contribution in [2.75, 3.05) is 34.5 Å². The van der Waals surface area contributed by atoms with Gasteiger partial charge < -0.3 is 19.5 Å². The minimum absolute atomic E-state index is 0.543. The Kier molecular flexibility index (Phi) is 7.30. The van der Waals surface area contributed by atoms with Gasteiger partial charge in [0.15, 0.2) is 0 Å². The molecular formula is C11H20N2O3S. The molecule has 0 atom stereocenters. The largest absolute Gasteiger partial charge is 0.383 e. The summed E-state index contributed by atoms with van der Waals surface area (Å²) >= 11 is 1.66. The Bertz CT molecular complexity index is 318. The van der Waals surface area contributed by atoms with E-state index in [1.807, 2.05) is 0 Å². The highest BCUT2D eigenvalue weighted by Crippen LogP contribution is 2.20. The lowest BCUT2D eigenvalue weighted by atomic mass is 10.3. The van der Waals surface area contributed by atoms with E-state index in [0.29, 0.717) is 19.8 Å². The first-order chi connectivity index (χ1) is 8.31. The number of rotatable bonds is 9. The molecule has 0 fully saturated rings. The van der Waals surface area contributed by atoms with E-state index in [4.69, 9.17) is 14.2 Å². The van der Waals surface area contributed by atoms with Crippen molar-refractivity contribution in [3.63, 3.8) is 0 Å². The van der Waals surface area contributed by atoms with Crippen LogP contribution in [0.3, 0.4) is 0 Å². The highest BCUT2D eigenvalue weighted by Gasteiger charge is 2.10. The van der Waals surface area contributed by atoms with Gasteiger partial charge in [-0.15, -0.1) is 11.3 Å². The predicted molar refractivity (Wildman–Crippen MR) is 67.1 cm³/mol. The highest BCUT2D eigenvalue weighted by atomic mass is 32.1. The van der Waals surface area contributed by atoms with Gasteiger partial charge >= 0.3 is 0 Å². The van der Waals surface area contributed by atoms with Gasteiger partial charge in [-0.1, -0.05) is 0 Å². The zero-order chi connectivity index (χ0) is 12.5. The van der Waals surface area contributed by atoms with Gasteiger partial charge in [0.1, 0.15) is 5.01 Å². The lowest BCUT2D eigenvalue weighted by molar-refractivity contribution is 0.175. The van der Waals surface area contributed by atoms with Crippen LogP contribution in [0.4, 0.5) is 0 Å². The summed E-state index contributed by atoms with van der Waals surface area (Å²) in [5, 5.41) is 4.29. The molecule has 98 valence electrons. The van der Waals surface area contributed by atoms with Crippen molar-refractivity contribution in [2.24, 2.45) is 0 Å². The van der Waals surface area contributed by atoms with E-state index in [9.17, 15) is 0 Å². The summed E-state index contributed by atoms with van der Waals surface area (Å²) in [6, 6.07) is 0. The molecule has 0 amide bonds. The summed E-state index contributed by atoms with van der Waals surface area (Å²) in [6.07, 6.45) is 0. The summed E-state index contributed by atoms with van der Waals surface area (Å²) in [5.41, 5.74) is 0.995. The molecule has 1 rings (SSSR count). The van der Waals surface area contributed by atoms with Gasteiger partial charge in [0.05, 0.1) is 25.5 Å². The molecule has 1 N–H and O–H groups in total. The van der Waals surface area contributed by atoms with Gasteiger partial charge in [0.25, 0.3) is 0 Å². The van der Waals surface area contributed by atoms with Crippen LogP contribution in [0.5, 0.6) is 0 Å². The SMILES string of the molecule is COCCNCc1sc(COC)nc1COC. The number of thiazole rings is 1. The van der Waals surface area contributed by atoms with Crippen LogP contribution >= 0.6 is 11.3 Å². The van der Waals surface area contributed by atoms with Crippen molar-refractivity contribution in [3.05, 3.63) is 15.6 Å². The van der Waals surface area contributed by atoms with Crippen LogP contribution in [0.25, 0.3) is 0 Å². The fourth-order valence-corrected chi connectivity index (χ4v) is 2.40.